The third-order valence-electron chi connectivity index (χ3n) is 3.67. The molecular weight excluding hydrogens is 212 g/mol. The first-order valence-electron chi connectivity index (χ1n) is 7.09. The van der Waals surface area contributed by atoms with Crippen molar-refractivity contribution in [1.29, 1.82) is 0 Å². The standard InChI is InChI=1S/C14H30N2O/c1-11(2)8-16-9-13(12(3)4)7-14(10-16)15-5-6-17/h11-15,17H,5-10H2,1-4H3. The highest BCUT2D eigenvalue weighted by Crippen LogP contribution is 2.24. The van der Waals surface area contributed by atoms with E-state index >= 15 is 0 Å². The van der Waals surface area contributed by atoms with E-state index in [0.717, 1.165) is 30.8 Å². The molecule has 0 aliphatic carbocycles. The zero-order valence-electron chi connectivity index (χ0n) is 11.9. The van der Waals surface area contributed by atoms with E-state index in [-0.39, 0.29) is 6.61 Å². The van der Waals surface area contributed by atoms with E-state index in [0.29, 0.717) is 6.04 Å². The Hall–Kier alpha value is -0.120. The molecule has 17 heavy (non-hydrogen) atoms. The first-order chi connectivity index (χ1) is 8.02. The van der Waals surface area contributed by atoms with Gasteiger partial charge < -0.3 is 15.3 Å². The smallest absolute Gasteiger partial charge is 0.0556 e. The van der Waals surface area contributed by atoms with Crippen molar-refractivity contribution in [3.63, 3.8) is 0 Å². The Bertz CT molecular complexity index is 206. The SMILES string of the molecule is CC(C)CN1CC(NCCO)CC(C(C)C)C1. The predicted molar refractivity (Wildman–Crippen MR) is 73.1 cm³/mol. The molecule has 1 aliphatic heterocycles. The van der Waals surface area contributed by atoms with E-state index in [1.807, 2.05) is 0 Å². The van der Waals surface area contributed by atoms with Gasteiger partial charge in [-0.25, -0.2) is 0 Å². The molecule has 0 bridgehead atoms. The molecular formula is C14H30N2O. The summed E-state index contributed by atoms with van der Waals surface area (Å²) in [5.74, 6) is 2.28. The second kappa shape index (κ2) is 7.34. The molecule has 3 heteroatoms. The zero-order valence-corrected chi connectivity index (χ0v) is 11.9. The van der Waals surface area contributed by atoms with Crippen molar-refractivity contribution in [3.05, 3.63) is 0 Å². The molecule has 2 atom stereocenters. The summed E-state index contributed by atoms with van der Waals surface area (Å²) in [5.41, 5.74) is 0. The number of nitrogens with zero attached hydrogens (tertiary/aromatic N) is 1. The number of likely N-dealkylation sites (tertiary alicyclic amines) is 1. The van der Waals surface area contributed by atoms with Gasteiger partial charge in [-0.15, -0.1) is 0 Å². The van der Waals surface area contributed by atoms with E-state index in [1.165, 1.54) is 19.5 Å². The van der Waals surface area contributed by atoms with Crippen LogP contribution in [0.4, 0.5) is 0 Å². The van der Waals surface area contributed by atoms with Gasteiger partial charge in [0.05, 0.1) is 6.61 Å². The minimum atomic E-state index is 0.243. The monoisotopic (exact) mass is 242 g/mol. The van der Waals surface area contributed by atoms with Gasteiger partial charge in [-0.3, -0.25) is 0 Å². The highest BCUT2D eigenvalue weighted by atomic mass is 16.3. The fourth-order valence-corrected chi connectivity index (χ4v) is 2.80. The van der Waals surface area contributed by atoms with Crippen molar-refractivity contribution in [1.82, 2.24) is 10.2 Å². The van der Waals surface area contributed by atoms with Gasteiger partial charge in [0.2, 0.25) is 0 Å². The molecule has 1 fully saturated rings. The molecule has 2 unspecified atom stereocenters. The van der Waals surface area contributed by atoms with Crippen LogP contribution in [-0.2, 0) is 0 Å². The predicted octanol–water partition coefficient (Wildman–Crippen LogP) is 1.57. The van der Waals surface area contributed by atoms with Gasteiger partial charge in [0, 0.05) is 32.2 Å². The van der Waals surface area contributed by atoms with Crippen LogP contribution in [0.15, 0.2) is 0 Å². The summed E-state index contributed by atoms with van der Waals surface area (Å²) >= 11 is 0. The van der Waals surface area contributed by atoms with Crippen LogP contribution in [0.2, 0.25) is 0 Å². The lowest BCUT2D eigenvalue weighted by Crippen LogP contribution is -2.51. The summed E-state index contributed by atoms with van der Waals surface area (Å²) in [7, 11) is 0. The summed E-state index contributed by atoms with van der Waals surface area (Å²) in [6.45, 7) is 13.8. The number of rotatable bonds is 6. The Morgan fingerprint density at radius 1 is 1.24 bits per heavy atom. The van der Waals surface area contributed by atoms with Crippen LogP contribution in [0, 0.1) is 17.8 Å². The van der Waals surface area contributed by atoms with Crippen molar-refractivity contribution in [2.75, 3.05) is 32.8 Å². The third kappa shape index (κ3) is 5.36. The van der Waals surface area contributed by atoms with E-state index in [9.17, 15) is 0 Å². The molecule has 1 heterocycles. The number of hydrogen-bond donors (Lipinski definition) is 2. The van der Waals surface area contributed by atoms with E-state index in [4.69, 9.17) is 5.11 Å². The maximum absolute atomic E-state index is 8.91. The molecule has 1 rings (SSSR count). The third-order valence-corrected chi connectivity index (χ3v) is 3.67. The number of piperidine rings is 1. The lowest BCUT2D eigenvalue weighted by Gasteiger charge is -2.40. The van der Waals surface area contributed by atoms with Crippen LogP contribution < -0.4 is 5.32 Å². The van der Waals surface area contributed by atoms with Crippen LogP contribution in [0.5, 0.6) is 0 Å². The normalized spacial score (nSPS) is 27.0. The summed E-state index contributed by atoms with van der Waals surface area (Å²) in [5, 5.41) is 12.4. The Morgan fingerprint density at radius 2 is 1.94 bits per heavy atom. The first-order valence-corrected chi connectivity index (χ1v) is 7.09. The number of hydrogen-bond acceptors (Lipinski definition) is 3. The largest absolute Gasteiger partial charge is 0.395 e. The van der Waals surface area contributed by atoms with E-state index in [1.54, 1.807) is 0 Å². The average molecular weight is 242 g/mol. The van der Waals surface area contributed by atoms with E-state index < -0.39 is 0 Å². The second-order valence-electron chi connectivity index (χ2n) is 6.23. The highest BCUT2D eigenvalue weighted by Gasteiger charge is 2.28. The Morgan fingerprint density at radius 3 is 2.47 bits per heavy atom. The van der Waals surface area contributed by atoms with Gasteiger partial charge in [-0.05, 0) is 24.2 Å². The van der Waals surface area contributed by atoms with Crippen LogP contribution in [0.3, 0.4) is 0 Å². The fraction of sp³-hybridized carbons (Fsp3) is 1.00. The summed E-state index contributed by atoms with van der Waals surface area (Å²) in [4.78, 5) is 2.59. The molecule has 0 radical (unpaired) electrons. The van der Waals surface area contributed by atoms with Gasteiger partial charge in [-0.1, -0.05) is 27.7 Å². The maximum atomic E-state index is 8.91. The molecule has 3 nitrogen and oxygen atoms in total. The molecule has 0 amide bonds. The molecule has 102 valence electrons. The molecule has 0 aromatic rings. The number of aliphatic hydroxyl groups excluding tert-OH is 1. The first kappa shape index (κ1) is 14.9. The van der Waals surface area contributed by atoms with E-state index in [2.05, 4.69) is 37.9 Å². The van der Waals surface area contributed by atoms with Crippen molar-refractivity contribution in [2.45, 2.75) is 40.2 Å². The molecule has 0 aromatic heterocycles. The van der Waals surface area contributed by atoms with Gasteiger partial charge in [-0.2, -0.15) is 0 Å². The van der Waals surface area contributed by atoms with Gasteiger partial charge in [0.25, 0.3) is 0 Å². The molecule has 0 aromatic carbocycles. The lowest BCUT2D eigenvalue weighted by atomic mass is 9.85. The molecule has 1 aliphatic rings. The summed E-state index contributed by atoms with van der Waals surface area (Å²) in [6.07, 6.45) is 1.26. The number of nitrogens with one attached hydrogen (secondary N) is 1. The minimum absolute atomic E-state index is 0.243. The fourth-order valence-electron chi connectivity index (χ4n) is 2.80. The van der Waals surface area contributed by atoms with Gasteiger partial charge in [0.15, 0.2) is 0 Å². The molecule has 0 spiro atoms. The van der Waals surface area contributed by atoms with Crippen molar-refractivity contribution in [3.8, 4) is 0 Å². The highest BCUT2D eigenvalue weighted by molar-refractivity contribution is 4.85. The average Bonchev–Trinajstić information content (AvgIpc) is 2.25. The minimum Gasteiger partial charge on any atom is -0.395 e. The van der Waals surface area contributed by atoms with Crippen molar-refractivity contribution < 1.29 is 5.11 Å². The van der Waals surface area contributed by atoms with Crippen LogP contribution in [-0.4, -0.2) is 48.8 Å². The zero-order chi connectivity index (χ0) is 12.8. The summed E-state index contributed by atoms with van der Waals surface area (Å²) in [6, 6.07) is 0.557. The second-order valence-corrected chi connectivity index (χ2v) is 6.23. The Labute approximate surface area is 107 Å². The van der Waals surface area contributed by atoms with Crippen LogP contribution >= 0.6 is 0 Å². The Kier molecular flexibility index (Phi) is 6.45. The maximum Gasteiger partial charge on any atom is 0.0556 e. The topological polar surface area (TPSA) is 35.5 Å². The molecule has 0 saturated carbocycles. The quantitative estimate of drug-likeness (QED) is 0.742. The summed E-state index contributed by atoms with van der Waals surface area (Å²) < 4.78 is 0. The molecule has 1 saturated heterocycles. The van der Waals surface area contributed by atoms with Gasteiger partial charge >= 0.3 is 0 Å². The van der Waals surface area contributed by atoms with Crippen LogP contribution in [0.1, 0.15) is 34.1 Å². The Balaban J connectivity index is 2.49. The van der Waals surface area contributed by atoms with Crippen LogP contribution in [0.25, 0.3) is 0 Å². The van der Waals surface area contributed by atoms with Crippen molar-refractivity contribution in [2.24, 2.45) is 17.8 Å². The number of aliphatic hydroxyl groups is 1. The van der Waals surface area contributed by atoms with Gasteiger partial charge in [0.1, 0.15) is 0 Å². The molecule has 2 N–H and O–H groups in total. The lowest BCUT2D eigenvalue weighted by molar-refractivity contribution is 0.103. The van der Waals surface area contributed by atoms with Crippen molar-refractivity contribution >= 4 is 0 Å².